The first-order chi connectivity index (χ1) is 12.5. The molecule has 0 aliphatic rings. The normalized spacial score (nSPS) is 11.7. The Bertz CT molecular complexity index is 549. The van der Waals surface area contributed by atoms with Gasteiger partial charge in [-0.25, -0.2) is 9.59 Å². The fraction of sp³-hybridized carbons (Fsp3) is 0.556. The Labute approximate surface area is 164 Å². The average Bonchev–Trinajstić information content (AvgIpc) is 2.62. The number of hydrogen-bond donors (Lipinski definition) is 2. The van der Waals surface area contributed by atoms with Crippen LogP contribution in [0.2, 0.25) is 0 Å². The Kier molecular flexibility index (Phi) is 10.9. The van der Waals surface area contributed by atoms with Crippen molar-refractivity contribution in [3.8, 4) is 0 Å². The minimum Gasteiger partial charge on any atom is -0.480 e. The number of anilines is 1. The highest BCUT2D eigenvalue weighted by Gasteiger charge is 2.21. The van der Waals surface area contributed by atoms with Crippen LogP contribution in [0, 0.1) is 0 Å². The van der Waals surface area contributed by atoms with E-state index < -0.39 is 18.1 Å². The number of nitrogens with one attached hydrogen (secondary N) is 1. The number of hydrogen-bond acceptors (Lipinski definition) is 4. The van der Waals surface area contributed by atoms with E-state index in [4.69, 9.17) is 27.9 Å². The van der Waals surface area contributed by atoms with Gasteiger partial charge >= 0.3 is 12.1 Å². The number of carboxylic acid groups (broad SMARTS) is 1. The van der Waals surface area contributed by atoms with Gasteiger partial charge in [-0.2, -0.15) is 0 Å². The standard InChI is InChI=1S/C18H26Cl2N2O4/c1-2-3-12-26-18(25)21-16(17(23)24)13-14-4-6-15(7-5-14)22(10-8-19)11-9-20/h4-7,16H,2-3,8-13H2,1H3,(H,21,25)(H,23,24)/t16-/m0/s1. The molecule has 1 rings (SSSR count). The van der Waals surface area contributed by atoms with Gasteiger partial charge in [-0.05, 0) is 24.1 Å². The summed E-state index contributed by atoms with van der Waals surface area (Å²) in [5.41, 5.74) is 1.76. The van der Waals surface area contributed by atoms with Gasteiger partial charge in [-0.15, -0.1) is 23.2 Å². The van der Waals surface area contributed by atoms with Crippen molar-refractivity contribution in [2.24, 2.45) is 0 Å². The second kappa shape index (κ2) is 12.7. The van der Waals surface area contributed by atoms with Gasteiger partial charge in [-0.1, -0.05) is 25.5 Å². The van der Waals surface area contributed by atoms with Crippen LogP contribution in [-0.2, 0) is 16.0 Å². The maximum absolute atomic E-state index is 11.7. The molecule has 0 unspecified atom stereocenters. The molecule has 0 aliphatic heterocycles. The third-order valence-corrected chi connectivity index (χ3v) is 4.11. The van der Waals surface area contributed by atoms with E-state index in [2.05, 4.69) is 10.2 Å². The van der Waals surface area contributed by atoms with Crippen LogP contribution < -0.4 is 10.2 Å². The number of alkyl halides is 2. The molecule has 0 spiro atoms. The topological polar surface area (TPSA) is 78.9 Å². The molecule has 146 valence electrons. The number of carboxylic acids is 1. The molecule has 0 heterocycles. The maximum atomic E-state index is 11.7. The molecule has 1 atom stereocenters. The van der Waals surface area contributed by atoms with E-state index in [9.17, 15) is 14.7 Å². The van der Waals surface area contributed by atoms with E-state index in [0.29, 0.717) is 24.8 Å². The number of carbonyl (C=O) groups is 2. The van der Waals surface area contributed by atoms with Gasteiger partial charge in [0, 0.05) is 37.0 Å². The molecule has 0 bridgehead atoms. The van der Waals surface area contributed by atoms with Crippen molar-refractivity contribution in [1.29, 1.82) is 0 Å². The summed E-state index contributed by atoms with van der Waals surface area (Å²) in [5.74, 6) is -0.124. The maximum Gasteiger partial charge on any atom is 0.407 e. The quantitative estimate of drug-likeness (QED) is 0.411. The minimum absolute atomic E-state index is 0.170. The number of halogens is 2. The summed E-state index contributed by atoms with van der Waals surface area (Å²) < 4.78 is 4.96. The molecular weight excluding hydrogens is 379 g/mol. The number of alkyl carbamates (subject to hydrolysis) is 1. The Hall–Kier alpha value is -1.66. The zero-order chi connectivity index (χ0) is 19.4. The number of carbonyl (C=O) groups excluding carboxylic acids is 1. The highest BCUT2D eigenvalue weighted by Crippen LogP contribution is 2.16. The summed E-state index contributed by atoms with van der Waals surface area (Å²) in [6, 6.07) is 6.42. The van der Waals surface area contributed by atoms with Gasteiger partial charge < -0.3 is 20.1 Å². The number of ether oxygens (including phenoxy) is 1. The Morgan fingerprint density at radius 3 is 2.31 bits per heavy atom. The summed E-state index contributed by atoms with van der Waals surface area (Å²) in [5, 5.41) is 11.7. The Balaban J connectivity index is 2.68. The van der Waals surface area contributed by atoms with Crippen LogP contribution in [-0.4, -0.2) is 54.7 Å². The lowest BCUT2D eigenvalue weighted by Crippen LogP contribution is -2.42. The summed E-state index contributed by atoms with van der Waals surface area (Å²) in [6.45, 7) is 3.61. The molecule has 8 heteroatoms. The van der Waals surface area contributed by atoms with Gasteiger partial charge in [-0.3, -0.25) is 0 Å². The van der Waals surface area contributed by atoms with Crippen molar-refractivity contribution >= 4 is 41.0 Å². The fourth-order valence-electron chi connectivity index (χ4n) is 2.35. The number of unbranched alkanes of at least 4 members (excludes halogenated alkanes) is 1. The molecule has 26 heavy (non-hydrogen) atoms. The van der Waals surface area contributed by atoms with E-state index in [0.717, 1.165) is 24.1 Å². The minimum atomic E-state index is -1.10. The lowest BCUT2D eigenvalue weighted by molar-refractivity contribution is -0.139. The molecule has 0 fully saturated rings. The second-order valence-electron chi connectivity index (χ2n) is 5.76. The van der Waals surface area contributed by atoms with Crippen molar-refractivity contribution in [3.63, 3.8) is 0 Å². The van der Waals surface area contributed by atoms with Crippen LogP contribution >= 0.6 is 23.2 Å². The highest BCUT2D eigenvalue weighted by atomic mass is 35.5. The van der Waals surface area contributed by atoms with E-state index in [1.165, 1.54) is 0 Å². The first kappa shape index (κ1) is 22.4. The Morgan fingerprint density at radius 2 is 1.81 bits per heavy atom. The van der Waals surface area contributed by atoms with Crippen LogP contribution in [0.1, 0.15) is 25.3 Å². The summed E-state index contributed by atoms with van der Waals surface area (Å²) in [7, 11) is 0. The molecule has 0 radical (unpaired) electrons. The molecule has 1 aromatic rings. The van der Waals surface area contributed by atoms with Gasteiger partial charge in [0.25, 0.3) is 0 Å². The first-order valence-corrected chi connectivity index (χ1v) is 9.70. The average molecular weight is 405 g/mol. The van der Waals surface area contributed by atoms with Crippen molar-refractivity contribution in [2.75, 3.05) is 36.4 Å². The SMILES string of the molecule is CCCCOC(=O)N[C@@H](Cc1ccc(N(CCCl)CCCl)cc1)C(=O)O. The van der Waals surface area contributed by atoms with Crippen LogP contribution in [0.15, 0.2) is 24.3 Å². The molecule has 0 saturated heterocycles. The van der Waals surface area contributed by atoms with E-state index in [1.54, 1.807) is 0 Å². The predicted molar refractivity (Wildman–Crippen MR) is 105 cm³/mol. The van der Waals surface area contributed by atoms with E-state index in [-0.39, 0.29) is 13.0 Å². The van der Waals surface area contributed by atoms with Crippen molar-refractivity contribution in [2.45, 2.75) is 32.2 Å². The monoisotopic (exact) mass is 404 g/mol. The molecule has 1 aromatic carbocycles. The first-order valence-electron chi connectivity index (χ1n) is 8.63. The highest BCUT2D eigenvalue weighted by molar-refractivity contribution is 6.18. The number of aliphatic carboxylic acids is 1. The van der Waals surface area contributed by atoms with Crippen molar-refractivity contribution < 1.29 is 19.4 Å². The van der Waals surface area contributed by atoms with Gasteiger partial charge in [0.05, 0.1) is 6.61 Å². The van der Waals surface area contributed by atoms with E-state index >= 15 is 0 Å². The molecule has 6 nitrogen and oxygen atoms in total. The second-order valence-corrected chi connectivity index (χ2v) is 6.52. The van der Waals surface area contributed by atoms with Crippen LogP contribution in [0.4, 0.5) is 10.5 Å². The largest absolute Gasteiger partial charge is 0.480 e. The van der Waals surface area contributed by atoms with Gasteiger partial charge in [0.1, 0.15) is 6.04 Å². The third kappa shape index (κ3) is 8.15. The molecule has 2 N–H and O–H groups in total. The lowest BCUT2D eigenvalue weighted by Gasteiger charge is -2.23. The van der Waals surface area contributed by atoms with Crippen LogP contribution in [0.25, 0.3) is 0 Å². The zero-order valence-electron chi connectivity index (χ0n) is 14.9. The molecule has 0 aliphatic carbocycles. The van der Waals surface area contributed by atoms with E-state index in [1.807, 2.05) is 31.2 Å². The van der Waals surface area contributed by atoms with Crippen molar-refractivity contribution in [1.82, 2.24) is 5.32 Å². The van der Waals surface area contributed by atoms with Gasteiger partial charge in [0.15, 0.2) is 0 Å². The molecule has 0 saturated carbocycles. The Morgan fingerprint density at radius 1 is 1.19 bits per heavy atom. The number of rotatable bonds is 12. The summed E-state index contributed by atoms with van der Waals surface area (Å²) in [4.78, 5) is 25.1. The summed E-state index contributed by atoms with van der Waals surface area (Å²) >= 11 is 11.6. The zero-order valence-corrected chi connectivity index (χ0v) is 16.4. The van der Waals surface area contributed by atoms with Crippen molar-refractivity contribution in [3.05, 3.63) is 29.8 Å². The fourth-order valence-corrected chi connectivity index (χ4v) is 2.75. The predicted octanol–water partition coefficient (Wildman–Crippen LogP) is 3.49. The van der Waals surface area contributed by atoms with Crippen LogP contribution in [0.5, 0.6) is 0 Å². The molecular formula is C18H26Cl2N2O4. The van der Waals surface area contributed by atoms with Gasteiger partial charge in [0.2, 0.25) is 0 Å². The number of nitrogens with zero attached hydrogens (tertiary/aromatic N) is 1. The van der Waals surface area contributed by atoms with Crippen LogP contribution in [0.3, 0.4) is 0 Å². The molecule has 0 aromatic heterocycles. The third-order valence-electron chi connectivity index (χ3n) is 3.77. The number of amides is 1. The molecule has 1 amide bonds. The lowest BCUT2D eigenvalue weighted by atomic mass is 10.1. The number of benzene rings is 1. The summed E-state index contributed by atoms with van der Waals surface area (Å²) in [6.07, 6.45) is 1.10. The smallest absolute Gasteiger partial charge is 0.407 e.